The van der Waals surface area contributed by atoms with Gasteiger partial charge in [0.1, 0.15) is 11.6 Å². The highest BCUT2D eigenvalue weighted by atomic mass is 15.0. The van der Waals surface area contributed by atoms with Gasteiger partial charge in [-0.1, -0.05) is 0 Å². The van der Waals surface area contributed by atoms with Crippen molar-refractivity contribution in [3.05, 3.63) is 48.0 Å². The molecule has 0 aliphatic carbocycles. The Balaban J connectivity index is 1.78. The van der Waals surface area contributed by atoms with E-state index in [9.17, 15) is 0 Å². The minimum Gasteiger partial charge on any atom is -0.373 e. The second kappa shape index (κ2) is 5.06. The van der Waals surface area contributed by atoms with E-state index in [0.717, 1.165) is 35.6 Å². The van der Waals surface area contributed by atoms with Crippen LogP contribution in [0.2, 0.25) is 0 Å². The van der Waals surface area contributed by atoms with Gasteiger partial charge in [0.2, 0.25) is 0 Å². The first-order valence-corrected chi connectivity index (χ1v) is 6.27. The Hall–Kier alpha value is -2.43. The van der Waals surface area contributed by atoms with Gasteiger partial charge in [-0.05, 0) is 36.2 Å². The maximum atomic E-state index is 4.51. The van der Waals surface area contributed by atoms with E-state index < -0.39 is 0 Å². The number of aromatic nitrogens is 4. The van der Waals surface area contributed by atoms with Gasteiger partial charge in [-0.3, -0.25) is 4.98 Å². The van der Waals surface area contributed by atoms with E-state index in [1.165, 1.54) is 5.56 Å². The Morgan fingerprint density at radius 3 is 2.68 bits per heavy atom. The molecule has 0 saturated heterocycles. The molecule has 0 aromatic carbocycles. The molecular formula is C14H15N5. The normalized spacial score (nSPS) is 10.8. The summed E-state index contributed by atoms with van der Waals surface area (Å²) in [6, 6.07) is 7.99. The molecule has 3 aromatic rings. The maximum absolute atomic E-state index is 4.51. The van der Waals surface area contributed by atoms with Crippen LogP contribution in [0.3, 0.4) is 0 Å². The quantitative estimate of drug-likeness (QED) is 0.748. The van der Waals surface area contributed by atoms with Crippen LogP contribution in [0.4, 0.5) is 5.82 Å². The lowest BCUT2D eigenvalue weighted by atomic mass is 10.1. The lowest BCUT2D eigenvalue weighted by Gasteiger charge is -1.97. The fraction of sp³-hybridized carbons (Fsp3) is 0.214. The standard InChI is InChI=1S/C14H15N5/c1-15-12-5-3-11-14(18-12)19-13(17-11)4-2-10-6-8-16-9-7-10/h3,5-9H,2,4H2,1H3,(H2,15,17,18,19). The van der Waals surface area contributed by atoms with E-state index >= 15 is 0 Å². The number of nitrogens with one attached hydrogen (secondary N) is 2. The fourth-order valence-corrected chi connectivity index (χ4v) is 2.01. The first-order valence-electron chi connectivity index (χ1n) is 6.27. The molecule has 0 aliphatic rings. The van der Waals surface area contributed by atoms with E-state index in [0.29, 0.717) is 0 Å². The zero-order valence-electron chi connectivity index (χ0n) is 10.7. The number of aryl methyl sites for hydroxylation is 2. The molecular weight excluding hydrogens is 238 g/mol. The molecule has 0 aliphatic heterocycles. The van der Waals surface area contributed by atoms with Gasteiger partial charge in [-0.2, -0.15) is 0 Å². The Labute approximate surface area is 111 Å². The summed E-state index contributed by atoms with van der Waals surface area (Å²) in [5, 5.41) is 3.01. The molecule has 3 rings (SSSR count). The number of pyridine rings is 2. The van der Waals surface area contributed by atoms with Crippen LogP contribution in [-0.4, -0.2) is 27.0 Å². The van der Waals surface area contributed by atoms with E-state index in [-0.39, 0.29) is 0 Å². The van der Waals surface area contributed by atoms with Crippen LogP contribution >= 0.6 is 0 Å². The summed E-state index contributed by atoms with van der Waals surface area (Å²) >= 11 is 0. The van der Waals surface area contributed by atoms with Crippen LogP contribution in [0.5, 0.6) is 0 Å². The summed E-state index contributed by atoms with van der Waals surface area (Å²) in [6.45, 7) is 0. The molecule has 5 heteroatoms. The summed E-state index contributed by atoms with van der Waals surface area (Å²) in [5.74, 6) is 1.80. The molecule has 0 bridgehead atoms. The molecule has 0 spiro atoms. The van der Waals surface area contributed by atoms with Crippen LogP contribution in [-0.2, 0) is 12.8 Å². The average molecular weight is 253 g/mol. The van der Waals surface area contributed by atoms with Crippen molar-refractivity contribution in [1.82, 2.24) is 19.9 Å². The SMILES string of the molecule is CNc1ccc2[nH]c(CCc3ccncc3)nc2n1. The maximum Gasteiger partial charge on any atom is 0.179 e. The van der Waals surface area contributed by atoms with Gasteiger partial charge in [0.25, 0.3) is 0 Å². The molecule has 3 aromatic heterocycles. The molecule has 0 fully saturated rings. The van der Waals surface area contributed by atoms with Gasteiger partial charge in [0.15, 0.2) is 5.65 Å². The van der Waals surface area contributed by atoms with Crippen LogP contribution < -0.4 is 5.32 Å². The number of H-pyrrole nitrogens is 1. The topological polar surface area (TPSA) is 66.5 Å². The molecule has 0 saturated carbocycles. The second-order valence-electron chi connectivity index (χ2n) is 4.36. The third kappa shape index (κ3) is 2.54. The largest absolute Gasteiger partial charge is 0.373 e. The van der Waals surface area contributed by atoms with Crippen molar-refractivity contribution in [3.8, 4) is 0 Å². The molecule has 96 valence electrons. The lowest BCUT2D eigenvalue weighted by molar-refractivity contribution is 0.886. The average Bonchev–Trinajstić information content (AvgIpc) is 2.88. The molecule has 0 atom stereocenters. The zero-order valence-corrected chi connectivity index (χ0v) is 10.7. The van der Waals surface area contributed by atoms with Gasteiger partial charge in [-0.15, -0.1) is 0 Å². The number of rotatable bonds is 4. The van der Waals surface area contributed by atoms with Crippen molar-refractivity contribution in [2.24, 2.45) is 0 Å². The molecule has 5 nitrogen and oxygen atoms in total. The molecule has 0 amide bonds. The van der Waals surface area contributed by atoms with Crippen LogP contribution in [0.25, 0.3) is 11.2 Å². The van der Waals surface area contributed by atoms with Crippen molar-refractivity contribution in [2.45, 2.75) is 12.8 Å². The summed E-state index contributed by atoms with van der Waals surface area (Å²) in [6.07, 6.45) is 5.44. The Morgan fingerprint density at radius 2 is 1.89 bits per heavy atom. The highest BCUT2D eigenvalue weighted by molar-refractivity contribution is 5.72. The number of hydrogen-bond donors (Lipinski definition) is 2. The van der Waals surface area contributed by atoms with Gasteiger partial charge >= 0.3 is 0 Å². The number of aromatic amines is 1. The van der Waals surface area contributed by atoms with E-state index in [1.807, 2.05) is 43.7 Å². The first-order chi connectivity index (χ1) is 9.35. The highest BCUT2D eigenvalue weighted by Gasteiger charge is 2.05. The molecule has 19 heavy (non-hydrogen) atoms. The zero-order chi connectivity index (χ0) is 13.1. The Bertz CT molecular complexity index is 675. The summed E-state index contributed by atoms with van der Waals surface area (Å²) in [7, 11) is 1.85. The minimum absolute atomic E-state index is 0.761. The van der Waals surface area contributed by atoms with Gasteiger partial charge in [0, 0.05) is 25.9 Å². The minimum atomic E-state index is 0.761. The number of hydrogen-bond acceptors (Lipinski definition) is 4. The summed E-state index contributed by atoms with van der Waals surface area (Å²) in [4.78, 5) is 16.2. The van der Waals surface area contributed by atoms with Crippen LogP contribution in [0, 0.1) is 0 Å². The lowest BCUT2D eigenvalue weighted by Crippen LogP contribution is -1.93. The van der Waals surface area contributed by atoms with Gasteiger partial charge < -0.3 is 10.3 Å². The predicted molar refractivity (Wildman–Crippen MR) is 75.1 cm³/mol. The van der Waals surface area contributed by atoms with E-state index in [2.05, 4.69) is 25.3 Å². The second-order valence-corrected chi connectivity index (χ2v) is 4.36. The highest BCUT2D eigenvalue weighted by Crippen LogP contribution is 2.13. The molecule has 2 N–H and O–H groups in total. The van der Waals surface area contributed by atoms with Gasteiger partial charge in [0.05, 0.1) is 5.52 Å². The first kappa shape index (κ1) is 11.6. The number of anilines is 1. The van der Waals surface area contributed by atoms with Crippen molar-refractivity contribution < 1.29 is 0 Å². The van der Waals surface area contributed by atoms with Crippen molar-refractivity contribution in [1.29, 1.82) is 0 Å². The van der Waals surface area contributed by atoms with Crippen LogP contribution in [0.15, 0.2) is 36.7 Å². The molecule has 3 heterocycles. The Kier molecular flexibility index (Phi) is 3.10. The van der Waals surface area contributed by atoms with Crippen molar-refractivity contribution in [3.63, 3.8) is 0 Å². The molecule has 0 radical (unpaired) electrons. The van der Waals surface area contributed by atoms with Crippen molar-refractivity contribution in [2.75, 3.05) is 12.4 Å². The third-order valence-electron chi connectivity index (χ3n) is 3.05. The predicted octanol–water partition coefficient (Wildman–Crippen LogP) is 2.18. The summed E-state index contributed by atoms with van der Waals surface area (Å²) < 4.78 is 0. The molecule has 0 unspecified atom stereocenters. The third-order valence-corrected chi connectivity index (χ3v) is 3.05. The van der Waals surface area contributed by atoms with E-state index in [1.54, 1.807) is 0 Å². The van der Waals surface area contributed by atoms with E-state index in [4.69, 9.17) is 0 Å². The van der Waals surface area contributed by atoms with Crippen LogP contribution in [0.1, 0.15) is 11.4 Å². The number of imidazole rings is 1. The monoisotopic (exact) mass is 253 g/mol. The van der Waals surface area contributed by atoms with Gasteiger partial charge in [-0.25, -0.2) is 9.97 Å². The number of nitrogens with zero attached hydrogens (tertiary/aromatic N) is 3. The Morgan fingerprint density at radius 1 is 1.05 bits per heavy atom. The number of fused-ring (bicyclic) bond motifs is 1. The van der Waals surface area contributed by atoms with Crippen molar-refractivity contribution >= 4 is 17.0 Å². The summed E-state index contributed by atoms with van der Waals surface area (Å²) in [5.41, 5.74) is 3.00. The fourth-order valence-electron chi connectivity index (χ4n) is 2.01. The smallest absolute Gasteiger partial charge is 0.179 e.